The van der Waals surface area contributed by atoms with Crippen LogP contribution in [0.2, 0.25) is 0 Å². The Morgan fingerprint density at radius 2 is 1.77 bits per heavy atom. The molecule has 39 heavy (non-hydrogen) atoms. The van der Waals surface area contributed by atoms with Crippen molar-refractivity contribution in [3.05, 3.63) is 73.1 Å². The number of imidazole rings is 1. The smallest absolute Gasteiger partial charge is 0.224 e. The molecule has 0 aliphatic carbocycles. The number of nitrogens with zero attached hydrogens (tertiary/aromatic N) is 5. The van der Waals surface area contributed by atoms with Gasteiger partial charge in [-0.25, -0.2) is 14.4 Å². The van der Waals surface area contributed by atoms with Crippen molar-refractivity contribution in [1.82, 2.24) is 35.1 Å². The van der Waals surface area contributed by atoms with E-state index in [2.05, 4.69) is 30.5 Å². The van der Waals surface area contributed by atoms with E-state index >= 15 is 0 Å². The minimum Gasteiger partial charge on any atom is -0.335 e. The fourth-order valence-corrected chi connectivity index (χ4v) is 4.47. The van der Waals surface area contributed by atoms with Crippen molar-refractivity contribution >= 4 is 33.7 Å². The summed E-state index contributed by atoms with van der Waals surface area (Å²) in [6.07, 6.45) is 7.05. The van der Waals surface area contributed by atoms with E-state index in [1.165, 1.54) is 12.1 Å². The number of aromatic amines is 2. The molecule has 1 aromatic carbocycles. The van der Waals surface area contributed by atoms with Crippen molar-refractivity contribution in [1.29, 1.82) is 0 Å². The van der Waals surface area contributed by atoms with E-state index in [1.54, 1.807) is 30.9 Å². The molecule has 3 N–H and O–H groups in total. The van der Waals surface area contributed by atoms with Crippen LogP contribution in [0.1, 0.15) is 27.2 Å². The zero-order valence-corrected chi connectivity index (χ0v) is 21.6. The summed E-state index contributed by atoms with van der Waals surface area (Å²) in [6.45, 7) is 6.05. The molecule has 0 saturated heterocycles. The van der Waals surface area contributed by atoms with Gasteiger partial charge < -0.3 is 10.3 Å². The first kappa shape index (κ1) is 24.4. The predicted molar refractivity (Wildman–Crippen MR) is 148 cm³/mol. The number of H-pyrrole nitrogens is 2. The molecule has 9 nitrogen and oxygen atoms in total. The number of pyridine rings is 3. The summed E-state index contributed by atoms with van der Waals surface area (Å²) < 4.78 is 13.9. The SMILES string of the molecule is CC(C)(C)CC(=O)Nc1cncc(-c2ccc3[nH]nc(-c4nc5c(-c6cccc(F)c6)cncc5[nH]4)c3n2)c1. The van der Waals surface area contributed by atoms with E-state index in [-0.39, 0.29) is 17.1 Å². The van der Waals surface area contributed by atoms with Gasteiger partial charge in [-0.15, -0.1) is 0 Å². The fourth-order valence-electron chi connectivity index (χ4n) is 4.47. The largest absolute Gasteiger partial charge is 0.335 e. The van der Waals surface area contributed by atoms with Crippen molar-refractivity contribution in [3.8, 4) is 33.9 Å². The molecule has 0 aliphatic heterocycles. The highest BCUT2D eigenvalue weighted by Crippen LogP contribution is 2.32. The minimum atomic E-state index is -0.331. The van der Waals surface area contributed by atoms with Gasteiger partial charge in [0.15, 0.2) is 11.5 Å². The zero-order valence-electron chi connectivity index (χ0n) is 21.6. The van der Waals surface area contributed by atoms with Crippen LogP contribution in [-0.4, -0.2) is 41.0 Å². The zero-order chi connectivity index (χ0) is 27.1. The quantitative estimate of drug-likeness (QED) is 0.251. The fraction of sp³-hybridized carbons (Fsp3) is 0.172. The molecule has 194 valence electrons. The van der Waals surface area contributed by atoms with Gasteiger partial charge in [0.25, 0.3) is 0 Å². The molecule has 6 aromatic rings. The van der Waals surface area contributed by atoms with Crippen molar-refractivity contribution in [3.63, 3.8) is 0 Å². The Kier molecular flexibility index (Phi) is 5.86. The van der Waals surface area contributed by atoms with Gasteiger partial charge in [-0.05, 0) is 41.3 Å². The molecule has 0 saturated carbocycles. The highest BCUT2D eigenvalue weighted by atomic mass is 19.1. The summed E-state index contributed by atoms with van der Waals surface area (Å²) in [5, 5.41) is 10.4. The van der Waals surface area contributed by atoms with E-state index in [1.807, 2.05) is 45.0 Å². The molecule has 0 unspecified atom stereocenters. The maximum Gasteiger partial charge on any atom is 0.224 e. The van der Waals surface area contributed by atoms with Gasteiger partial charge in [-0.2, -0.15) is 5.10 Å². The lowest BCUT2D eigenvalue weighted by molar-refractivity contribution is -0.117. The summed E-state index contributed by atoms with van der Waals surface area (Å²) in [6, 6.07) is 11.9. The number of benzene rings is 1. The average molecular weight is 521 g/mol. The van der Waals surface area contributed by atoms with Gasteiger partial charge in [-0.3, -0.25) is 19.9 Å². The number of anilines is 1. The average Bonchev–Trinajstić information content (AvgIpc) is 3.51. The van der Waals surface area contributed by atoms with Crippen LogP contribution in [0.4, 0.5) is 10.1 Å². The van der Waals surface area contributed by atoms with Crippen molar-refractivity contribution in [2.45, 2.75) is 27.2 Å². The number of amides is 1. The Labute approximate surface area is 223 Å². The van der Waals surface area contributed by atoms with Crippen LogP contribution in [0, 0.1) is 11.2 Å². The van der Waals surface area contributed by atoms with E-state index < -0.39 is 0 Å². The molecule has 10 heteroatoms. The number of fused-ring (bicyclic) bond motifs is 2. The number of carbonyl (C=O) groups excluding carboxylic acids is 1. The van der Waals surface area contributed by atoms with Crippen molar-refractivity contribution in [2.24, 2.45) is 5.41 Å². The van der Waals surface area contributed by atoms with Crippen LogP contribution in [0.25, 0.3) is 56.0 Å². The van der Waals surface area contributed by atoms with E-state index in [0.29, 0.717) is 57.0 Å². The molecule has 0 spiro atoms. The monoisotopic (exact) mass is 520 g/mol. The molecule has 5 aromatic heterocycles. The standard InChI is InChI=1S/C29H25FN8O/c1-29(2,3)11-24(39)33-19-10-17(12-31-13-19)21-7-8-22-26(34-21)27(38-37-22)28-35-23-15-32-14-20(25(23)36-28)16-5-4-6-18(30)9-16/h4-10,12-15H,11H2,1-3H3,(H,33,39)(H,35,36)(H,37,38). The maximum atomic E-state index is 13.9. The minimum absolute atomic E-state index is 0.0704. The number of nitrogens with one attached hydrogen (secondary N) is 3. The second-order valence-corrected chi connectivity index (χ2v) is 10.6. The van der Waals surface area contributed by atoms with E-state index in [9.17, 15) is 9.18 Å². The van der Waals surface area contributed by atoms with Crippen molar-refractivity contribution in [2.75, 3.05) is 5.32 Å². The molecule has 1 amide bonds. The number of aromatic nitrogens is 7. The first-order valence-electron chi connectivity index (χ1n) is 12.4. The molecule has 0 radical (unpaired) electrons. The number of rotatable bonds is 5. The Hall–Kier alpha value is -4.99. The molecule has 0 aliphatic rings. The topological polar surface area (TPSA) is 125 Å². The Balaban J connectivity index is 1.37. The molecule has 0 atom stereocenters. The van der Waals surface area contributed by atoms with Gasteiger partial charge in [0.1, 0.15) is 11.3 Å². The van der Waals surface area contributed by atoms with Crippen molar-refractivity contribution < 1.29 is 9.18 Å². The molecule has 5 heterocycles. The summed E-state index contributed by atoms with van der Waals surface area (Å²) in [5.41, 5.74) is 6.53. The first-order chi connectivity index (χ1) is 18.7. The number of halogens is 1. The van der Waals surface area contributed by atoms with Crippen LogP contribution in [0.15, 0.2) is 67.3 Å². The Morgan fingerprint density at radius 3 is 2.59 bits per heavy atom. The molecule has 6 rings (SSSR count). The third kappa shape index (κ3) is 4.96. The normalized spacial score (nSPS) is 11.8. The lowest BCUT2D eigenvalue weighted by atomic mass is 9.92. The Morgan fingerprint density at radius 1 is 0.923 bits per heavy atom. The van der Waals surface area contributed by atoms with E-state index in [0.717, 1.165) is 11.1 Å². The highest BCUT2D eigenvalue weighted by molar-refractivity contribution is 5.96. The van der Waals surface area contributed by atoms with Crippen LogP contribution in [0.5, 0.6) is 0 Å². The van der Waals surface area contributed by atoms with Gasteiger partial charge in [-0.1, -0.05) is 32.9 Å². The van der Waals surface area contributed by atoms with Gasteiger partial charge in [0.05, 0.1) is 40.3 Å². The molecule has 0 fully saturated rings. The van der Waals surface area contributed by atoms with Gasteiger partial charge in [0, 0.05) is 29.9 Å². The maximum absolute atomic E-state index is 13.9. The van der Waals surface area contributed by atoms with Crippen LogP contribution in [-0.2, 0) is 4.79 Å². The third-order valence-electron chi connectivity index (χ3n) is 6.17. The van der Waals surface area contributed by atoms with Gasteiger partial charge >= 0.3 is 0 Å². The summed E-state index contributed by atoms with van der Waals surface area (Å²) >= 11 is 0. The summed E-state index contributed by atoms with van der Waals surface area (Å²) in [4.78, 5) is 33.9. The summed E-state index contributed by atoms with van der Waals surface area (Å²) in [5.74, 6) is 0.106. The lowest BCUT2D eigenvalue weighted by Gasteiger charge is -2.17. The second kappa shape index (κ2) is 9.39. The van der Waals surface area contributed by atoms with Crippen LogP contribution >= 0.6 is 0 Å². The second-order valence-electron chi connectivity index (χ2n) is 10.6. The predicted octanol–water partition coefficient (Wildman–Crippen LogP) is 6.14. The number of carbonyl (C=O) groups is 1. The molecule has 0 bridgehead atoms. The first-order valence-corrected chi connectivity index (χ1v) is 12.4. The third-order valence-corrected chi connectivity index (χ3v) is 6.17. The van der Waals surface area contributed by atoms with Crippen LogP contribution in [0.3, 0.4) is 0 Å². The molecular formula is C29H25FN8O. The van der Waals surface area contributed by atoms with Crippen LogP contribution < -0.4 is 5.32 Å². The summed E-state index contributed by atoms with van der Waals surface area (Å²) in [7, 11) is 0. The Bertz CT molecular complexity index is 1850. The number of hydrogen-bond acceptors (Lipinski definition) is 6. The molecular weight excluding hydrogens is 495 g/mol. The highest BCUT2D eigenvalue weighted by Gasteiger charge is 2.19. The lowest BCUT2D eigenvalue weighted by Crippen LogP contribution is -2.19. The van der Waals surface area contributed by atoms with Gasteiger partial charge in [0.2, 0.25) is 5.91 Å². The number of hydrogen-bond donors (Lipinski definition) is 3. The van der Waals surface area contributed by atoms with E-state index in [4.69, 9.17) is 9.97 Å².